The van der Waals surface area contributed by atoms with Crippen molar-refractivity contribution in [3.63, 3.8) is 0 Å². The molecule has 1 heterocycles. The summed E-state index contributed by atoms with van der Waals surface area (Å²) >= 11 is 0. The molecule has 3 aromatic carbocycles. The Morgan fingerprint density at radius 2 is 1.67 bits per heavy atom. The molecule has 9 heteroatoms. The molecule has 0 saturated heterocycles. The van der Waals surface area contributed by atoms with E-state index in [0.29, 0.717) is 5.75 Å². The highest BCUT2D eigenvalue weighted by Crippen LogP contribution is 2.33. The second-order valence-electron chi connectivity index (χ2n) is 9.24. The van der Waals surface area contributed by atoms with Gasteiger partial charge in [0.2, 0.25) is 0 Å². The fourth-order valence-corrected chi connectivity index (χ4v) is 5.90. The lowest BCUT2D eigenvalue weighted by Crippen LogP contribution is -2.39. The number of nitrogens with one attached hydrogen (secondary N) is 1. The number of hydrazone groups is 1. The second-order valence-corrected chi connectivity index (χ2v) is 11.1. The van der Waals surface area contributed by atoms with Gasteiger partial charge in [0, 0.05) is 22.6 Å². The minimum absolute atomic E-state index is 0.0634. The molecular formula is C30H32N4O4S. The van der Waals surface area contributed by atoms with Crippen LogP contribution in [0.15, 0.2) is 88.9 Å². The van der Waals surface area contributed by atoms with E-state index in [1.807, 2.05) is 45.0 Å². The summed E-state index contributed by atoms with van der Waals surface area (Å²) in [5.41, 5.74) is 8.63. The highest BCUT2D eigenvalue weighted by molar-refractivity contribution is 7.92. The lowest BCUT2D eigenvalue weighted by Gasteiger charge is -2.25. The van der Waals surface area contributed by atoms with Gasteiger partial charge in [-0.3, -0.25) is 9.10 Å². The minimum Gasteiger partial charge on any atom is -0.495 e. The molecule has 4 rings (SSSR count). The number of carbonyl (C=O) groups is 1. The van der Waals surface area contributed by atoms with E-state index in [2.05, 4.69) is 34.2 Å². The third-order valence-electron chi connectivity index (χ3n) is 6.44. The molecule has 0 aliphatic rings. The van der Waals surface area contributed by atoms with Crippen molar-refractivity contribution in [2.75, 3.05) is 18.0 Å². The summed E-state index contributed by atoms with van der Waals surface area (Å²) in [5, 5.41) is 4.14. The first-order valence-electron chi connectivity index (χ1n) is 12.4. The summed E-state index contributed by atoms with van der Waals surface area (Å²) in [6.45, 7) is 7.41. The maximum atomic E-state index is 13.6. The molecule has 0 spiro atoms. The van der Waals surface area contributed by atoms with Crippen molar-refractivity contribution in [2.45, 2.75) is 32.6 Å². The molecule has 0 aliphatic heterocycles. The monoisotopic (exact) mass is 544 g/mol. The Hall–Kier alpha value is -4.37. The Morgan fingerprint density at radius 1 is 0.974 bits per heavy atom. The smallest absolute Gasteiger partial charge is 0.264 e. The number of aromatic nitrogens is 1. The van der Waals surface area contributed by atoms with Crippen LogP contribution in [0.4, 0.5) is 5.69 Å². The predicted octanol–water partition coefficient (Wildman–Crippen LogP) is 5.07. The molecule has 39 heavy (non-hydrogen) atoms. The molecular weight excluding hydrogens is 512 g/mol. The van der Waals surface area contributed by atoms with E-state index in [1.54, 1.807) is 36.5 Å². The molecule has 1 N–H and O–H groups in total. The summed E-state index contributed by atoms with van der Waals surface area (Å²) < 4.78 is 35.9. The van der Waals surface area contributed by atoms with Gasteiger partial charge in [0.1, 0.15) is 12.3 Å². The van der Waals surface area contributed by atoms with Crippen LogP contribution in [0.3, 0.4) is 0 Å². The van der Waals surface area contributed by atoms with Gasteiger partial charge in [-0.05, 0) is 75.2 Å². The summed E-state index contributed by atoms with van der Waals surface area (Å²) in [6.07, 6.45) is 1.57. The number of methoxy groups -OCH3 is 1. The van der Waals surface area contributed by atoms with Crippen molar-refractivity contribution in [3.05, 3.63) is 107 Å². The minimum atomic E-state index is -4.08. The molecule has 0 aliphatic carbocycles. The molecule has 0 unspecified atom stereocenters. The predicted molar refractivity (Wildman–Crippen MR) is 154 cm³/mol. The number of rotatable bonds is 9. The zero-order valence-electron chi connectivity index (χ0n) is 22.7. The van der Waals surface area contributed by atoms with Crippen molar-refractivity contribution in [1.29, 1.82) is 0 Å². The normalized spacial score (nSPS) is 11.5. The average Bonchev–Trinajstić information content (AvgIpc) is 3.20. The van der Waals surface area contributed by atoms with Crippen LogP contribution < -0.4 is 14.5 Å². The average molecular weight is 545 g/mol. The quantitative estimate of drug-likeness (QED) is 0.235. The van der Waals surface area contributed by atoms with Gasteiger partial charge in [-0.1, -0.05) is 42.5 Å². The summed E-state index contributed by atoms with van der Waals surface area (Å²) in [7, 11) is -2.62. The molecule has 1 aromatic heterocycles. The number of amides is 1. The van der Waals surface area contributed by atoms with E-state index in [9.17, 15) is 13.2 Å². The van der Waals surface area contributed by atoms with Gasteiger partial charge in [0.25, 0.3) is 15.9 Å². The van der Waals surface area contributed by atoms with E-state index in [1.165, 1.54) is 19.2 Å². The van der Waals surface area contributed by atoms with Gasteiger partial charge >= 0.3 is 0 Å². The maximum Gasteiger partial charge on any atom is 0.264 e. The molecule has 0 saturated carbocycles. The molecule has 0 atom stereocenters. The number of para-hydroxylation sites is 1. The summed E-state index contributed by atoms with van der Waals surface area (Å²) in [4.78, 5) is 13.1. The van der Waals surface area contributed by atoms with Gasteiger partial charge in [0.15, 0.2) is 0 Å². The lowest BCUT2D eigenvalue weighted by atomic mass is 10.2. The van der Waals surface area contributed by atoms with E-state index in [-0.39, 0.29) is 10.6 Å². The van der Waals surface area contributed by atoms with Crippen LogP contribution in [-0.2, 0) is 14.8 Å². The van der Waals surface area contributed by atoms with E-state index >= 15 is 0 Å². The van der Waals surface area contributed by atoms with Crippen molar-refractivity contribution in [1.82, 2.24) is 9.99 Å². The highest BCUT2D eigenvalue weighted by Gasteiger charge is 2.29. The van der Waals surface area contributed by atoms with Crippen molar-refractivity contribution >= 4 is 27.8 Å². The zero-order valence-corrected chi connectivity index (χ0v) is 23.5. The van der Waals surface area contributed by atoms with E-state index in [0.717, 1.165) is 38.1 Å². The van der Waals surface area contributed by atoms with Gasteiger partial charge < -0.3 is 9.30 Å². The fourth-order valence-electron chi connectivity index (χ4n) is 4.46. The third-order valence-corrected chi connectivity index (χ3v) is 8.21. The number of sulfonamides is 1. The molecule has 202 valence electrons. The van der Waals surface area contributed by atoms with Crippen molar-refractivity contribution < 1.29 is 17.9 Å². The largest absolute Gasteiger partial charge is 0.495 e. The van der Waals surface area contributed by atoms with Crippen LogP contribution in [0, 0.1) is 27.7 Å². The highest BCUT2D eigenvalue weighted by atomic mass is 32.2. The van der Waals surface area contributed by atoms with Crippen LogP contribution >= 0.6 is 0 Å². The van der Waals surface area contributed by atoms with Crippen LogP contribution in [0.1, 0.15) is 28.1 Å². The van der Waals surface area contributed by atoms with Crippen molar-refractivity contribution in [3.8, 4) is 11.4 Å². The van der Waals surface area contributed by atoms with Crippen LogP contribution in [-0.4, -0.2) is 38.8 Å². The third kappa shape index (κ3) is 5.88. The van der Waals surface area contributed by atoms with Crippen LogP contribution in [0.5, 0.6) is 5.75 Å². The summed E-state index contributed by atoms with van der Waals surface area (Å²) in [6, 6.07) is 23.2. The SMILES string of the molecule is COc1ccc(C)cc1N(CC(=O)N/N=C\c1cc(C)n(-c2ccccc2C)c1C)S(=O)(=O)c1ccccc1. The van der Waals surface area contributed by atoms with E-state index in [4.69, 9.17) is 4.74 Å². The lowest BCUT2D eigenvalue weighted by molar-refractivity contribution is -0.119. The van der Waals surface area contributed by atoms with Gasteiger partial charge in [-0.2, -0.15) is 5.10 Å². The first kappa shape index (κ1) is 27.7. The maximum absolute atomic E-state index is 13.6. The van der Waals surface area contributed by atoms with Crippen LogP contribution in [0.2, 0.25) is 0 Å². The molecule has 8 nitrogen and oxygen atoms in total. The number of aryl methyl sites for hydroxylation is 3. The van der Waals surface area contributed by atoms with Crippen LogP contribution in [0.25, 0.3) is 5.69 Å². The number of nitrogens with zero attached hydrogens (tertiary/aromatic N) is 3. The molecule has 1 amide bonds. The topological polar surface area (TPSA) is 93.0 Å². The number of hydrogen-bond acceptors (Lipinski definition) is 5. The Labute approximate surface area is 229 Å². The fraction of sp³-hybridized carbons (Fsp3) is 0.200. The van der Waals surface area contributed by atoms with Gasteiger partial charge in [0.05, 0.1) is 23.9 Å². The molecule has 0 bridgehead atoms. The first-order valence-corrected chi connectivity index (χ1v) is 13.9. The number of hydrogen-bond donors (Lipinski definition) is 1. The Balaban J connectivity index is 1.60. The number of ether oxygens (including phenoxy) is 1. The number of anilines is 1. The Morgan fingerprint density at radius 3 is 2.36 bits per heavy atom. The van der Waals surface area contributed by atoms with E-state index < -0.39 is 22.5 Å². The van der Waals surface area contributed by atoms with Gasteiger partial charge in [-0.15, -0.1) is 0 Å². The molecule has 0 radical (unpaired) electrons. The van der Waals surface area contributed by atoms with Crippen molar-refractivity contribution in [2.24, 2.45) is 5.10 Å². The van der Waals surface area contributed by atoms with Gasteiger partial charge in [-0.25, -0.2) is 13.8 Å². The number of carbonyl (C=O) groups excluding carboxylic acids is 1. The number of benzene rings is 3. The molecule has 4 aromatic rings. The Bertz CT molecular complexity index is 1630. The zero-order chi connectivity index (χ0) is 28.2. The molecule has 0 fully saturated rings. The summed E-state index contributed by atoms with van der Waals surface area (Å²) in [5.74, 6) is -0.262. The Kier molecular flexibility index (Phi) is 8.21. The standard InChI is InChI=1S/C30H32N4O4S/c1-21-15-16-29(38-5)28(17-21)33(39(36,37)26-12-7-6-8-13-26)20-30(35)32-31-19-25-18-23(3)34(24(25)4)27-14-10-9-11-22(27)2/h6-19H,20H2,1-5H3,(H,32,35)/b31-19-. The second kappa shape index (κ2) is 11.6. The first-order chi connectivity index (χ1) is 18.6.